The number of carbonyl (C=O) groups is 1. The van der Waals surface area contributed by atoms with Gasteiger partial charge in [0.1, 0.15) is 17.4 Å². The Hall–Kier alpha value is -2.30. The van der Waals surface area contributed by atoms with E-state index in [0.717, 1.165) is 48.0 Å². The molecular weight excluding hydrogens is 360 g/mol. The Kier molecular flexibility index (Phi) is 8.37. The van der Waals surface area contributed by atoms with Gasteiger partial charge in [-0.2, -0.15) is 0 Å². The van der Waals surface area contributed by atoms with E-state index >= 15 is 0 Å². The predicted octanol–water partition coefficient (Wildman–Crippen LogP) is 4.97. The summed E-state index contributed by atoms with van der Waals surface area (Å²) in [5.41, 5.74) is 7.36. The lowest BCUT2D eigenvalue weighted by Gasteiger charge is -2.17. The van der Waals surface area contributed by atoms with Crippen molar-refractivity contribution in [3.05, 3.63) is 72.0 Å². The molecule has 3 N–H and O–H groups in total. The maximum absolute atomic E-state index is 12.5. The number of hydrogen-bond donors (Lipinski definition) is 2. The van der Waals surface area contributed by atoms with Crippen LogP contribution in [0.1, 0.15) is 49.5 Å². The van der Waals surface area contributed by atoms with Gasteiger partial charge >= 0.3 is 0 Å². The minimum atomic E-state index is -0.278. The number of para-hydroxylation sites is 1. The van der Waals surface area contributed by atoms with Gasteiger partial charge in [0.25, 0.3) is 0 Å². The molecule has 4 nitrogen and oxygen atoms in total. The molecule has 1 unspecified atom stereocenters. The fraction of sp³-hybridized carbons (Fsp3) is 0.318. The van der Waals surface area contributed by atoms with Gasteiger partial charge < -0.3 is 15.5 Å². The van der Waals surface area contributed by atoms with Crippen molar-refractivity contribution in [1.29, 1.82) is 0 Å². The van der Waals surface area contributed by atoms with Crippen LogP contribution < -0.4 is 11.1 Å². The number of hydrogen-bond acceptors (Lipinski definition) is 3. The first-order valence-corrected chi connectivity index (χ1v) is 9.31. The lowest BCUT2D eigenvalue weighted by Crippen LogP contribution is -2.28. The van der Waals surface area contributed by atoms with Crippen molar-refractivity contribution in [2.75, 3.05) is 6.54 Å². The molecule has 0 spiro atoms. The van der Waals surface area contributed by atoms with Crippen molar-refractivity contribution in [3.63, 3.8) is 0 Å². The summed E-state index contributed by atoms with van der Waals surface area (Å²) in [4.78, 5) is 12.5. The summed E-state index contributed by atoms with van der Waals surface area (Å²) in [6.45, 7) is 0.717. The van der Waals surface area contributed by atoms with Gasteiger partial charge in [-0.05, 0) is 37.1 Å². The summed E-state index contributed by atoms with van der Waals surface area (Å²) in [6, 6.07) is 19.6. The van der Waals surface area contributed by atoms with Crippen LogP contribution >= 0.6 is 12.4 Å². The third-order valence-corrected chi connectivity index (χ3v) is 4.53. The Labute approximate surface area is 166 Å². The average molecular weight is 387 g/mol. The van der Waals surface area contributed by atoms with Crippen LogP contribution in [0.3, 0.4) is 0 Å². The molecule has 0 aliphatic rings. The number of rotatable bonds is 9. The second-order valence-electron chi connectivity index (χ2n) is 6.55. The van der Waals surface area contributed by atoms with Crippen LogP contribution in [0.2, 0.25) is 0 Å². The minimum Gasteiger partial charge on any atom is -0.459 e. The number of carbonyl (C=O) groups excluding carboxylic acids is 1. The SMILES string of the molecule is Cl.NCCCCCCC(=O)NC(c1ccccc1)c1cc2ccccc2o1. The van der Waals surface area contributed by atoms with Crippen LogP contribution in [0.4, 0.5) is 0 Å². The van der Waals surface area contributed by atoms with E-state index < -0.39 is 0 Å². The first kappa shape index (κ1) is 21.0. The normalized spacial score (nSPS) is 11.7. The van der Waals surface area contributed by atoms with Gasteiger partial charge in [0.15, 0.2) is 0 Å². The highest BCUT2D eigenvalue weighted by Gasteiger charge is 2.20. The van der Waals surface area contributed by atoms with Crippen LogP contribution in [0.5, 0.6) is 0 Å². The number of halogens is 1. The zero-order valence-corrected chi connectivity index (χ0v) is 16.2. The quantitative estimate of drug-likeness (QED) is 0.510. The van der Waals surface area contributed by atoms with Crippen LogP contribution in [0.25, 0.3) is 11.0 Å². The van der Waals surface area contributed by atoms with Gasteiger partial charge in [0.2, 0.25) is 5.91 Å². The van der Waals surface area contributed by atoms with Gasteiger partial charge in [-0.3, -0.25) is 4.79 Å². The number of amides is 1. The highest BCUT2D eigenvalue weighted by atomic mass is 35.5. The number of furan rings is 1. The van der Waals surface area contributed by atoms with Gasteiger partial charge in [-0.15, -0.1) is 12.4 Å². The second-order valence-corrected chi connectivity index (χ2v) is 6.55. The largest absolute Gasteiger partial charge is 0.459 e. The van der Waals surface area contributed by atoms with E-state index in [0.29, 0.717) is 13.0 Å². The molecule has 0 aliphatic carbocycles. The lowest BCUT2D eigenvalue weighted by molar-refractivity contribution is -0.121. The maximum atomic E-state index is 12.5. The molecule has 144 valence electrons. The summed E-state index contributed by atoms with van der Waals surface area (Å²) in [5, 5.41) is 4.19. The van der Waals surface area contributed by atoms with E-state index in [1.54, 1.807) is 0 Å². The molecule has 3 aromatic rings. The van der Waals surface area contributed by atoms with Crippen LogP contribution in [-0.2, 0) is 4.79 Å². The Bertz CT molecular complexity index is 799. The van der Waals surface area contributed by atoms with Crippen molar-refractivity contribution in [1.82, 2.24) is 5.32 Å². The lowest BCUT2D eigenvalue weighted by atomic mass is 10.0. The van der Waals surface area contributed by atoms with Crippen LogP contribution in [0, 0.1) is 0 Å². The molecule has 0 aliphatic heterocycles. The zero-order chi connectivity index (χ0) is 18.2. The molecule has 27 heavy (non-hydrogen) atoms. The molecule has 3 rings (SSSR count). The number of nitrogens with two attached hydrogens (primary N) is 1. The maximum Gasteiger partial charge on any atom is 0.220 e. The van der Waals surface area contributed by atoms with Crippen molar-refractivity contribution >= 4 is 29.3 Å². The van der Waals surface area contributed by atoms with E-state index in [2.05, 4.69) is 5.32 Å². The van der Waals surface area contributed by atoms with Gasteiger partial charge in [0, 0.05) is 11.8 Å². The first-order chi connectivity index (χ1) is 12.8. The first-order valence-electron chi connectivity index (χ1n) is 9.31. The summed E-state index contributed by atoms with van der Waals surface area (Å²) < 4.78 is 6.01. The molecule has 0 radical (unpaired) electrons. The molecule has 0 saturated carbocycles. The van der Waals surface area contributed by atoms with E-state index in [4.69, 9.17) is 10.2 Å². The Morgan fingerprint density at radius 3 is 2.41 bits per heavy atom. The molecule has 1 aromatic heterocycles. The number of nitrogens with one attached hydrogen (secondary N) is 1. The van der Waals surface area contributed by atoms with Crippen molar-refractivity contribution in [3.8, 4) is 0 Å². The fourth-order valence-corrected chi connectivity index (χ4v) is 3.13. The molecule has 0 bridgehead atoms. The fourth-order valence-electron chi connectivity index (χ4n) is 3.13. The van der Waals surface area contributed by atoms with E-state index in [-0.39, 0.29) is 24.4 Å². The number of benzene rings is 2. The Morgan fingerprint density at radius 1 is 0.963 bits per heavy atom. The van der Waals surface area contributed by atoms with E-state index in [1.165, 1.54) is 0 Å². The van der Waals surface area contributed by atoms with Gasteiger partial charge in [-0.1, -0.05) is 61.4 Å². The average Bonchev–Trinajstić information content (AvgIpc) is 3.10. The molecule has 0 fully saturated rings. The smallest absolute Gasteiger partial charge is 0.220 e. The third-order valence-electron chi connectivity index (χ3n) is 4.53. The summed E-state index contributed by atoms with van der Waals surface area (Å²) in [6.07, 6.45) is 4.54. The zero-order valence-electron chi connectivity index (χ0n) is 15.4. The molecule has 1 atom stereocenters. The minimum absolute atomic E-state index is 0. The van der Waals surface area contributed by atoms with Crippen molar-refractivity contribution in [2.24, 2.45) is 5.73 Å². The van der Waals surface area contributed by atoms with Gasteiger partial charge in [0.05, 0.1) is 0 Å². The van der Waals surface area contributed by atoms with Gasteiger partial charge in [-0.25, -0.2) is 0 Å². The summed E-state index contributed by atoms with van der Waals surface area (Å²) in [5.74, 6) is 0.806. The van der Waals surface area contributed by atoms with Crippen molar-refractivity contribution < 1.29 is 9.21 Å². The van der Waals surface area contributed by atoms with Crippen LogP contribution in [0.15, 0.2) is 65.1 Å². The molecule has 1 heterocycles. The van der Waals surface area contributed by atoms with Crippen LogP contribution in [-0.4, -0.2) is 12.5 Å². The molecule has 2 aromatic carbocycles. The summed E-state index contributed by atoms with van der Waals surface area (Å²) in [7, 11) is 0. The predicted molar refractivity (Wildman–Crippen MR) is 112 cm³/mol. The molecular formula is C22H27ClN2O2. The highest BCUT2D eigenvalue weighted by Crippen LogP contribution is 2.28. The number of unbranched alkanes of at least 4 members (excludes halogenated alkanes) is 3. The molecule has 5 heteroatoms. The highest BCUT2D eigenvalue weighted by molar-refractivity contribution is 5.85. The van der Waals surface area contributed by atoms with Crippen molar-refractivity contribution in [2.45, 2.75) is 38.1 Å². The summed E-state index contributed by atoms with van der Waals surface area (Å²) >= 11 is 0. The Morgan fingerprint density at radius 2 is 1.67 bits per heavy atom. The monoisotopic (exact) mass is 386 g/mol. The Balaban J connectivity index is 0.00000261. The topological polar surface area (TPSA) is 68.3 Å². The standard InChI is InChI=1S/C22H26N2O2.ClH/c23-15-9-2-1-6-14-21(25)24-22(17-10-4-3-5-11-17)20-16-18-12-7-8-13-19(18)26-20;/h3-5,7-8,10-13,16,22H,1-2,6,9,14-15,23H2,(H,24,25);1H. The molecule has 0 saturated heterocycles. The molecule has 1 amide bonds. The number of fused-ring (bicyclic) bond motifs is 1. The third kappa shape index (κ3) is 5.84. The van der Waals surface area contributed by atoms with E-state index in [9.17, 15) is 4.79 Å². The van der Waals surface area contributed by atoms with E-state index in [1.807, 2.05) is 60.7 Å². The second kappa shape index (κ2) is 10.8.